The number of hydrogen-bond donors (Lipinski definition) is 2. The molecule has 2 atom stereocenters. The fourth-order valence-electron chi connectivity index (χ4n) is 2.34. The van der Waals surface area contributed by atoms with Crippen molar-refractivity contribution in [1.29, 1.82) is 0 Å². The second-order valence-corrected chi connectivity index (χ2v) is 4.82. The van der Waals surface area contributed by atoms with Crippen LogP contribution < -0.4 is 11.1 Å². The molecule has 92 valence electrons. The molecule has 1 aromatic rings. The zero-order valence-corrected chi connectivity index (χ0v) is 10.1. The van der Waals surface area contributed by atoms with Gasteiger partial charge in [0.1, 0.15) is 5.69 Å². The molecule has 1 aliphatic rings. The third-order valence-corrected chi connectivity index (χ3v) is 3.36. The van der Waals surface area contributed by atoms with Gasteiger partial charge in [-0.3, -0.25) is 9.78 Å². The second-order valence-electron chi connectivity index (χ2n) is 4.82. The first-order valence-corrected chi connectivity index (χ1v) is 6.12. The molecule has 1 aliphatic carbocycles. The average Bonchev–Trinajstić information content (AvgIpc) is 2.73. The van der Waals surface area contributed by atoms with E-state index in [1.807, 2.05) is 19.1 Å². The van der Waals surface area contributed by atoms with Crippen LogP contribution in [0.4, 0.5) is 0 Å². The number of pyridine rings is 1. The molecule has 0 saturated heterocycles. The lowest BCUT2D eigenvalue weighted by molar-refractivity contribution is 0.0941. The lowest BCUT2D eigenvalue weighted by Gasteiger charge is -2.11. The van der Waals surface area contributed by atoms with Crippen LogP contribution in [-0.4, -0.2) is 23.5 Å². The average molecular weight is 233 g/mol. The van der Waals surface area contributed by atoms with Gasteiger partial charge < -0.3 is 11.1 Å². The Morgan fingerprint density at radius 3 is 3.06 bits per heavy atom. The van der Waals surface area contributed by atoms with Gasteiger partial charge in [-0.25, -0.2) is 0 Å². The van der Waals surface area contributed by atoms with Gasteiger partial charge in [0.25, 0.3) is 5.91 Å². The molecule has 2 rings (SSSR count). The zero-order valence-electron chi connectivity index (χ0n) is 10.1. The summed E-state index contributed by atoms with van der Waals surface area (Å²) >= 11 is 0. The van der Waals surface area contributed by atoms with Crippen LogP contribution in [0.3, 0.4) is 0 Å². The van der Waals surface area contributed by atoms with E-state index in [0.717, 1.165) is 24.8 Å². The van der Waals surface area contributed by atoms with Gasteiger partial charge >= 0.3 is 0 Å². The second kappa shape index (κ2) is 5.27. The van der Waals surface area contributed by atoms with Crippen LogP contribution in [0.5, 0.6) is 0 Å². The van der Waals surface area contributed by atoms with Gasteiger partial charge in [0, 0.05) is 18.8 Å². The molecule has 1 heterocycles. The van der Waals surface area contributed by atoms with Crippen LogP contribution in [0.25, 0.3) is 0 Å². The van der Waals surface area contributed by atoms with Gasteiger partial charge in [0.2, 0.25) is 0 Å². The number of carbonyl (C=O) groups excluding carboxylic acids is 1. The van der Waals surface area contributed by atoms with E-state index in [2.05, 4.69) is 10.3 Å². The molecule has 0 aliphatic heterocycles. The van der Waals surface area contributed by atoms with Gasteiger partial charge in [-0.2, -0.15) is 0 Å². The molecule has 3 N–H and O–H groups in total. The van der Waals surface area contributed by atoms with E-state index < -0.39 is 0 Å². The fourth-order valence-corrected chi connectivity index (χ4v) is 2.34. The predicted octanol–water partition coefficient (Wildman–Crippen LogP) is 1.25. The molecular formula is C13H19N3O. The van der Waals surface area contributed by atoms with Gasteiger partial charge in [0.15, 0.2) is 0 Å². The Morgan fingerprint density at radius 1 is 1.59 bits per heavy atom. The molecule has 4 heteroatoms. The Balaban J connectivity index is 1.88. The quantitative estimate of drug-likeness (QED) is 0.825. The lowest BCUT2D eigenvalue weighted by Crippen LogP contribution is -2.30. The summed E-state index contributed by atoms with van der Waals surface area (Å²) in [5, 5.41) is 2.95. The number of aromatic nitrogens is 1. The van der Waals surface area contributed by atoms with Crippen LogP contribution in [0, 0.1) is 12.8 Å². The number of aryl methyl sites for hydroxylation is 1. The minimum Gasteiger partial charge on any atom is -0.350 e. The molecule has 0 radical (unpaired) electrons. The summed E-state index contributed by atoms with van der Waals surface area (Å²) in [5.74, 6) is 0.446. The molecule has 1 amide bonds. The van der Waals surface area contributed by atoms with Crippen molar-refractivity contribution in [2.45, 2.75) is 32.2 Å². The van der Waals surface area contributed by atoms with E-state index in [4.69, 9.17) is 5.73 Å². The summed E-state index contributed by atoms with van der Waals surface area (Å²) in [4.78, 5) is 16.0. The molecule has 4 nitrogen and oxygen atoms in total. The SMILES string of the molecule is Cc1cccnc1C(=O)NCC1CCC(N)C1. The highest BCUT2D eigenvalue weighted by Gasteiger charge is 2.22. The molecule has 1 aromatic heterocycles. The lowest BCUT2D eigenvalue weighted by atomic mass is 10.1. The van der Waals surface area contributed by atoms with Crippen LogP contribution in [-0.2, 0) is 0 Å². The van der Waals surface area contributed by atoms with Crippen LogP contribution >= 0.6 is 0 Å². The van der Waals surface area contributed by atoms with E-state index in [9.17, 15) is 4.79 Å². The number of carbonyl (C=O) groups is 1. The number of amides is 1. The van der Waals surface area contributed by atoms with Crippen LogP contribution in [0.2, 0.25) is 0 Å². The van der Waals surface area contributed by atoms with E-state index in [1.165, 1.54) is 0 Å². The summed E-state index contributed by atoms with van der Waals surface area (Å²) in [6.45, 7) is 2.61. The maximum absolute atomic E-state index is 11.9. The molecule has 1 saturated carbocycles. The first-order chi connectivity index (χ1) is 8.16. The van der Waals surface area contributed by atoms with Crippen molar-refractivity contribution in [1.82, 2.24) is 10.3 Å². The molecule has 0 spiro atoms. The third kappa shape index (κ3) is 3.03. The largest absolute Gasteiger partial charge is 0.350 e. The summed E-state index contributed by atoms with van der Waals surface area (Å²) in [7, 11) is 0. The molecule has 1 fully saturated rings. The van der Waals surface area contributed by atoms with Crippen molar-refractivity contribution in [3.05, 3.63) is 29.6 Å². The normalized spacial score (nSPS) is 23.6. The first kappa shape index (κ1) is 12.0. The van der Waals surface area contributed by atoms with Crippen LogP contribution in [0.15, 0.2) is 18.3 Å². The first-order valence-electron chi connectivity index (χ1n) is 6.12. The molecule has 2 unspecified atom stereocenters. The number of nitrogens with zero attached hydrogens (tertiary/aromatic N) is 1. The molecule has 0 aromatic carbocycles. The summed E-state index contributed by atoms with van der Waals surface area (Å²) in [5.41, 5.74) is 7.27. The van der Waals surface area contributed by atoms with E-state index >= 15 is 0 Å². The summed E-state index contributed by atoms with van der Waals surface area (Å²) in [6.07, 6.45) is 4.85. The Morgan fingerprint density at radius 2 is 2.41 bits per heavy atom. The minimum atomic E-state index is -0.0800. The third-order valence-electron chi connectivity index (χ3n) is 3.36. The van der Waals surface area contributed by atoms with Crippen molar-refractivity contribution in [3.8, 4) is 0 Å². The molecular weight excluding hydrogens is 214 g/mol. The Hall–Kier alpha value is -1.42. The van der Waals surface area contributed by atoms with Crippen molar-refractivity contribution in [3.63, 3.8) is 0 Å². The van der Waals surface area contributed by atoms with Crippen molar-refractivity contribution >= 4 is 5.91 Å². The highest BCUT2D eigenvalue weighted by molar-refractivity contribution is 5.93. The van der Waals surface area contributed by atoms with Gasteiger partial charge in [-0.15, -0.1) is 0 Å². The summed E-state index contributed by atoms with van der Waals surface area (Å²) in [6, 6.07) is 4.05. The topological polar surface area (TPSA) is 68.0 Å². The number of hydrogen-bond acceptors (Lipinski definition) is 3. The highest BCUT2D eigenvalue weighted by atomic mass is 16.1. The predicted molar refractivity (Wildman–Crippen MR) is 66.6 cm³/mol. The number of rotatable bonds is 3. The van der Waals surface area contributed by atoms with Gasteiger partial charge in [-0.05, 0) is 43.7 Å². The van der Waals surface area contributed by atoms with E-state index in [0.29, 0.717) is 24.2 Å². The van der Waals surface area contributed by atoms with Crippen molar-refractivity contribution in [2.75, 3.05) is 6.54 Å². The van der Waals surface area contributed by atoms with Gasteiger partial charge in [0.05, 0.1) is 0 Å². The van der Waals surface area contributed by atoms with Gasteiger partial charge in [-0.1, -0.05) is 6.07 Å². The Kier molecular flexibility index (Phi) is 3.74. The van der Waals surface area contributed by atoms with Crippen molar-refractivity contribution in [2.24, 2.45) is 11.7 Å². The van der Waals surface area contributed by atoms with E-state index in [-0.39, 0.29) is 5.91 Å². The smallest absolute Gasteiger partial charge is 0.270 e. The van der Waals surface area contributed by atoms with E-state index in [1.54, 1.807) is 6.20 Å². The minimum absolute atomic E-state index is 0.0800. The maximum atomic E-state index is 11.9. The highest BCUT2D eigenvalue weighted by Crippen LogP contribution is 2.23. The zero-order chi connectivity index (χ0) is 12.3. The monoisotopic (exact) mass is 233 g/mol. The van der Waals surface area contributed by atoms with Crippen molar-refractivity contribution < 1.29 is 4.79 Å². The molecule has 17 heavy (non-hydrogen) atoms. The number of nitrogens with two attached hydrogens (primary N) is 1. The standard InChI is InChI=1S/C13H19N3O/c1-9-3-2-6-15-12(9)13(17)16-8-10-4-5-11(14)7-10/h2-3,6,10-11H,4-5,7-8,14H2,1H3,(H,16,17). The number of nitrogens with one attached hydrogen (secondary N) is 1. The molecule has 0 bridgehead atoms. The van der Waals surface area contributed by atoms with Crippen LogP contribution in [0.1, 0.15) is 35.3 Å². The fraction of sp³-hybridized carbons (Fsp3) is 0.538. The summed E-state index contributed by atoms with van der Waals surface area (Å²) < 4.78 is 0. The Labute approximate surface area is 102 Å². The Bertz CT molecular complexity index is 405. The maximum Gasteiger partial charge on any atom is 0.270 e.